The monoisotopic (exact) mass is 259 g/mol. The Balaban J connectivity index is 2.28. The van der Waals surface area contributed by atoms with Crippen LogP contribution in [0, 0.1) is 0 Å². The molecule has 1 aromatic carbocycles. The molecule has 100 valence electrons. The van der Waals surface area contributed by atoms with Crippen LogP contribution in [0.2, 0.25) is 0 Å². The number of nitrogens with zero attached hydrogens (tertiary/aromatic N) is 3. The van der Waals surface area contributed by atoms with Gasteiger partial charge in [0.2, 0.25) is 5.91 Å². The van der Waals surface area contributed by atoms with Crippen LogP contribution >= 0.6 is 0 Å². The lowest BCUT2D eigenvalue weighted by Crippen LogP contribution is -2.21. The average molecular weight is 259 g/mol. The van der Waals surface area contributed by atoms with E-state index >= 15 is 0 Å². The first-order chi connectivity index (χ1) is 8.99. The number of imidazole rings is 1. The van der Waals surface area contributed by atoms with Gasteiger partial charge in [0.25, 0.3) is 0 Å². The standard InChI is InChI=1S/C13H17N5O/c1-17-6-5-16-12(17)8-18(2)11-7-9(13(15)19)3-4-10(11)14/h3-7H,8,14H2,1-2H3,(H2,15,19). The first-order valence-electron chi connectivity index (χ1n) is 5.85. The molecular weight excluding hydrogens is 242 g/mol. The Morgan fingerprint density at radius 3 is 2.79 bits per heavy atom. The molecule has 1 heterocycles. The highest BCUT2D eigenvalue weighted by atomic mass is 16.1. The minimum absolute atomic E-state index is 0.441. The van der Waals surface area contributed by atoms with Crippen molar-refractivity contribution in [2.24, 2.45) is 12.8 Å². The van der Waals surface area contributed by atoms with Crippen LogP contribution in [-0.4, -0.2) is 22.5 Å². The van der Waals surface area contributed by atoms with Gasteiger partial charge in [-0.2, -0.15) is 0 Å². The van der Waals surface area contributed by atoms with Crippen molar-refractivity contribution in [3.63, 3.8) is 0 Å². The summed E-state index contributed by atoms with van der Waals surface area (Å²) in [4.78, 5) is 17.4. The first-order valence-corrected chi connectivity index (χ1v) is 5.85. The summed E-state index contributed by atoms with van der Waals surface area (Å²) in [5, 5.41) is 0. The summed E-state index contributed by atoms with van der Waals surface area (Å²) < 4.78 is 1.94. The number of amides is 1. The molecule has 0 aliphatic carbocycles. The number of nitrogen functional groups attached to an aromatic ring is 1. The van der Waals surface area contributed by atoms with E-state index in [1.807, 2.05) is 29.8 Å². The van der Waals surface area contributed by atoms with Gasteiger partial charge in [0.1, 0.15) is 5.82 Å². The maximum absolute atomic E-state index is 11.2. The van der Waals surface area contributed by atoms with Crippen molar-refractivity contribution in [2.75, 3.05) is 17.7 Å². The molecule has 6 heteroatoms. The van der Waals surface area contributed by atoms with E-state index in [1.165, 1.54) is 0 Å². The number of hydrogen-bond donors (Lipinski definition) is 2. The second-order valence-electron chi connectivity index (χ2n) is 4.45. The van der Waals surface area contributed by atoms with Gasteiger partial charge in [-0.1, -0.05) is 0 Å². The van der Waals surface area contributed by atoms with Crippen molar-refractivity contribution in [1.29, 1.82) is 0 Å². The van der Waals surface area contributed by atoms with E-state index in [1.54, 1.807) is 24.4 Å². The number of carbonyl (C=O) groups excluding carboxylic acids is 1. The Hall–Kier alpha value is -2.50. The van der Waals surface area contributed by atoms with Crippen molar-refractivity contribution in [3.8, 4) is 0 Å². The zero-order valence-corrected chi connectivity index (χ0v) is 11.0. The molecule has 0 aliphatic heterocycles. The van der Waals surface area contributed by atoms with Crippen LogP contribution in [0.1, 0.15) is 16.2 Å². The second kappa shape index (κ2) is 5.01. The molecular formula is C13H17N5O. The SMILES string of the molecule is CN(Cc1nccn1C)c1cc(C(N)=O)ccc1N. The highest BCUT2D eigenvalue weighted by molar-refractivity contribution is 5.95. The van der Waals surface area contributed by atoms with E-state index in [-0.39, 0.29) is 0 Å². The number of carbonyl (C=O) groups is 1. The van der Waals surface area contributed by atoms with E-state index in [0.717, 1.165) is 11.5 Å². The predicted octanol–water partition coefficient (Wildman–Crippen LogP) is 0.738. The molecule has 1 amide bonds. The summed E-state index contributed by atoms with van der Waals surface area (Å²) >= 11 is 0. The molecule has 0 aliphatic rings. The molecule has 0 saturated heterocycles. The fraction of sp³-hybridized carbons (Fsp3) is 0.231. The van der Waals surface area contributed by atoms with Gasteiger partial charge in [0.05, 0.1) is 17.9 Å². The van der Waals surface area contributed by atoms with E-state index < -0.39 is 5.91 Å². The highest BCUT2D eigenvalue weighted by Gasteiger charge is 2.11. The van der Waals surface area contributed by atoms with E-state index in [9.17, 15) is 4.79 Å². The van der Waals surface area contributed by atoms with Crippen LogP contribution in [0.25, 0.3) is 0 Å². The van der Waals surface area contributed by atoms with Gasteiger partial charge in [-0.25, -0.2) is 4.98 Å². The minimum Gasteiger partial charge on any atom is -0.397 e. The number of hydrogen-bond acceptors (Lipinski definition) is 4. The van der Waals surface area contributed by atoms with Crippen molar-refractivity contribution in [1.82, 2.24) is 9.55 Å². The molecule has 2 aromatic rings. The molecule has 2 rings (SSSR count). The van der Waals surface area contributed by atoms with Crippen LogP contribution in [0.3, 0.4) is 0 Å². The smallest absolute Gasteiger partial charge is 0.248 e. The lowest BCUT2D eigenvalue weighted by molar-refractivity contribution is 0.100. The molecule has 0 bridgehead atoms. The van der Waals surface area contributed by atoms with Crippen molar-refractivity contribution in [2.45, 2.75) is 6.54 Å². The lowest BCUT2D eigenvalue weighted by Gasteiger charge is -2.21. The molecule has 0 atom stereocenters. The minimum atomic E-state index is -0.466. The maximum atomic E-state index is 11.2. The normalized spacial score (nSPS) is 10.4. The average Bonchev–Trinajstić information content (AvgIpc) is 2.75. The molecule has 0 radical (unpaired) electrons. The topological polar surface area (TPSA) is 90.2 Å². The van der Waals surface area contributed by atoms with Gasteiger partial charge in [-0.3, -0.25) is 4.79 Å². The predicted molar refractivity (Wildman–Crippen MR) is 74.7 cm³/mol. The Labute approximate surface area is 111 Å². The quantitative estimate of drug-likeness (QED) is 0.792. The van der Waals surface area contributed by atoms with Gasteiger partial charge in [-0.05, 0) is 18.2 Å². The maximum Gasteiger partial charge on any atom is 0.248 e. The van der Waals surface area contributed by atoms with Crippen LogP contribution in [0.4, 0.5) is 11.4 Å². The zero-order chi connectivity index (χ0) is 14.0. The van der Waals surface area contributed by atoms with Crippen LogP contribution in [-0.2, 0) is 13.6 Å². The molecule has 0 unspecified atom stereocenters. The fourth-order valence-corrected chi connectivity index (χ4v) is 1.87. The van der Waals surface area contributed by atoms with E-state index in [0.29, 0.717) is 17.8 Å². The summed E-state index contributed by atoms with van der Waals surface area (Å²) in [6, 6.07) is 5.00. The van der Waals surface area contributed by atoms with Crippen molar-refractivity contribution in [3.05, 3.63) is 42.0 Å². The van der Waals surface area contributed by atoms with E-state index in [2.05, 4.69) is 4.98 Å². The summed E-state index contributed by atoms with van der Waals surface area (Å²) in [6.07, 6.45) is 3.62. The van der Waals surface area contributed by atoms with Crippen LogP contribution in [0.15, 0.2) is 30.6 Å². The number of benzene rings is 1. The molecule has 6 nitrogen and oxygen atoms in total. The van der Waals surface area contributed by atoms with Crippen molar-refractivity contribution < 1.29 is 4.79 Å². The first kappa shape index (κ1) is 12.9. The number of nitrogens with two attached hydrogens (primary N) is 2. The summed E-state index contributed by atoms with van der Waals surface area (Å²) in [6.45, 7) is 0.593. The van der Waals surface area contributed by atoms with Gasteiger partial charge < -0.3 is 20.9 Å². The Bertz CT molecular complexity index is 605. The Morgan fingerprint density at radius 2 is 2.21 bits per heavy atom. The molecule has 0 saturated carbocycles. The highest BCUT2D eigenvalue weighted by Crippen LogP contribution is 2.24. The molecule has 0 fully saturated rings. The second-order valence-corrected chi connectivity index (χ2v) is 4.45. The van der Waals surface area contributed by atoms with E-state index in [4.69, 9.17) is 11.5 Å². The molecule has 0 spiro atoms. The van der Waals surface area contributed by atoms with Gasteiger partial charge >= 0.3 is 0 Å². The van der Waals surface area contributed by atoms with Gasteiger partial charge in [0, 0.05) is 32.1 Å². The third-order valence-electron chi connectivity index (χ3n) is 3.03. The number of aryl methyl sites for hydroxylation is 1. The van der Waals surface area contributed by atoms with Crippen molar-refractivity contribution >= 4 is 17.3 Å². The number of rotatable bonds is 4. The summed E-state index contributed by atoms with van der Waals surface area (Å²) in [5.74, 6) is 0.443. The third kappa shape index (κ3) is 2.67. The molecule has 4 N–H and O–H groups in total. The van der Waals surface area contributed by atoms with Gasteiger partial charge in [0.15, 0.2) is 0 Å². The Morgan fingerprint density at radius 1 is 1.47 bits per heavy atom. The lowest BCUT2D eigenvalue weighted by atomic mass is 10.1. The summed E-state index contributed by atoms with van der Waals surface area (Å²) in [7, 11) is 3.82. The van der Waals surface area contributed by atoms with Crippen LogP contribution in [0.5, 0.6) is 0 Å². The molecule has 19 heavy (non-hydrogen) atoms. The Kier molecular flexibility index (Phi) is 3.41. The third-order valence-corrected chi connectivity index (χ3v) is 3.03. The molecule has 1 aromatic heterocycles. The zero-order valence-electron chi connectivity index (χ0n) is 11.0. The summed E-state index contributed by atoms with van der Waals surface area (Å²) in [5.41, 5.74) is 13.0. The van der Waals surface area contributed by atoms with Crippen LogP contribution < -0.4 is 16.4 Å². The number of anilines is 2. The van der Waals surface area contributed by atoms with Gasteiger partial charge in [-0.15, -0.1) is 0 Å². The number of aromatic nitrogens is 2. The fourth-order valence-electron chi connectivity index (χ4n) is 1.87. The number of primary amides is 1. The largest absolute Gasteiger partial charge is 0.397 e.